The number of fused-ring (bicyclic) bond motifs is 1. The highest BCUT2D eigenvalue weighted by molar-refractivity contribution is 7.22. The summed E-state index contributed by atoms with van der Waals surface area (Å²) >= 11 is 1.40. The standard InChI is InChI=1S/C8H10N6S/c1-2-3-11-8-14-6-4(15-8)5(9)12-7(10)13-6/h2H,1,3H2,(H5,9,10,11,12,13,14). The predicted molar refractivity (Wildman–Crippen MR) is 62.7 cm³/mol. The fourth-order valence-electron chi connectivity index (χ4n) is 1.10. The Morgan fingerprint density at radius 1 is 1.33 bits per heavy atom. The van der Waals surface area contributed by atoms with E-state index in [4.69, 9.17) is 11.5 Å². The minimum atomic E-state index is 0.139. The number of nitrogens with two attached hydrogens (primary N) is 2. The van der Waals surface area contributed by atoms with Crippen molar-refractivity contribution in [3.63, 3.8) is 0 Å². The lowest BCUT2D eigenvalue weighted by Crippen LogP contribution is -1.99. The summed E-state index contributed by atoms with van der Waals surface area (Å²) in [6, 6.07) is 0. The van der Waals surface area contributed by atoms with Gasteiger partial charge >= 0.3 is 0 Å². The first-order valence-corrected chi connectivity index (χ1v) is 5.06. The fourth-order valence-corrected chi connectivity index (χ4v) is 1.91. The van der Waals surface area contributed by atoms with Crippen molar-refractivity contribution in [1.29, 1.82) is 0 Å². The molecule has 0 saturated heterocycles. The Morgan fingerprint density at radius 3 is 2.87 bits per heavy atom. The van der Waals surface area contributed by atoms with Crippen molar-refractivity contribution in [1.82, 2.24) is 15.0 Å². The van der Waals surface area contributed by atoms with E-state index in [0.717, 1.165) is 9.83 Å². The normalized spacial score (nSPS) is 10.4. The van der Waals surface area contributed by atoms with Gasteiger partial charge in [-0.25, -0.2) is 0 Å². The molecule has 0 aliphatic rings. The molecule has 0 radical (unpaired) electrons. The van der Waals surface area contributed by atoms with E-state index < -0.39 is 0 Å². The molecule has 2 aromatic rings. The molecule has 15 heavy (non-hydrogen) atoms. The summed E-state index contributed by atoms with van der Waals surface area (Å²) in [7, 11) is 0. The maximum atomic E-state index is 5.69. The lowest BCUT2D eigenvalue weighted by molar-refractivity contribution is 1.21. The summed E-state index contributed by atoms with van der Waals surface area (Å²) in [5.41, 5.74) is 11.7. The van der Waals surface area contributed by atoms with Crippen LogP contribution < -0.4 is 16.8 Å². The molecule has 0 aromatic carbocycles. The Labute approximate surface area is 90.0 Å². The SMILES string of the molecule is C=CCNc1nc2nc(N)nc(N)c2s1. The summed E-state index contributed by atoms with van der Waals surface area (Å²) in [6.45, 7) is 4.24. The number of nitrogens with zero attached hydrogens (tertiary/aromatic N) is 3. The van der Waals surface area contributed by atoms with Gasteiger partial charge in [0.2, 0.25) is 5.95 Å². The van der Waals surface area contributed by atoms with Gasteiger partial charge < -0.3 is 16.8 Å². The first-order valence-electron chi connectivity index (χ1n) is 4.25. The Kier molecular flexibility index (Phi) is 2.38. The van der Waals surface area contributed by atoms with Crippen LogP contribution in [0.2, 0.25) is 0 Å². The third-order valence-corrected chi connectivity index (χ3v) is 2.72. The van der Waals surface area contributed by atoms with E-state index in [0.29, 0.717) is 18.0 Å². The second-order valence-electron chi connectivity index (χ2n) is 2.81. The molecule has 0 fully saturated rings. The molecule has 0 atom stereocenters. The smallest absolute Gasteiger partial charge is 0.224 e. The van der Waals surface area contributed by atoms with Crippen molar-refractivity contribution < 1.29 is 0 Å². The first-order chi connectivity index (χ1) is 7.20. The summed E-state index contributed by atoms with van der Waals surface area (Å²) in [5.74, 6) is 0.502. The van der Waals surface area contributed by atoms with Crippen LogP contribution in [0.15, 0.2) is 12.7 Å². The molecule has 5 N–H and O–H groups in total. The van der Waals surface area contributed by atoms with Crippen LogP contribution in [0.1, 0.15) is 0 Å². The summed E-state index contributed by atoms with van der Waals surface area (Å²) in [4.78, 5) is 12.1. The molecule has 78 valence electrons. The summed E-state index contributed by atoms with van der Waals surface area (Å²) in [6.07, 6.45) is 1.75. The molecule has 0 aliphatic heterocycles. The maximum Gasteiger partial charge on any atom is 0.224 e. The van der Waals surface area contributed by atoms with E-state index in [2.05, 4.69) is 26.8 Å². The average Bonchev–Trinajstić information content (AvgIpc) is 2.57. The molecule has 2 aromatic heterocycles. The number of hydrogen-bond acceptors (Lipinski definition) is 7. The predicted octanol–water partition coefficient (Wildman–Crippen LogP) is 0.849. The quantitative estimate of drug-likeness (QED) is 0.665. The highest BCUT2D eigenvalue weighted by Crippen LogP contribution is 2.28. The highest BCUT2D eigenvalue weighted by Gasteiger charge is 2.09. The van der Waals surface area contributed by atoms with E-state index in [9.17, 15) is 0 Å². The van der Waals surface area contributed by atoms with Crippen LogP contribution in [0.25, 0.3) is 10.3 Å². The Balaban J connectivity index is 2.45. The zero-order chi connectivity index (χ0) is 10.8. The van der Waals surface area contributed by atoms with Gasteiger partial charge in [0.25, 0.3) is 0 Å². The second-order valence-corrected chi connectivity index (χ2v) is 3.81. The zero-order valence-electron chi connectivity index (χ0n) is 7.90. The number of thiazole rings is 1. The first kappa shape index (κ1) is 9.66. The minimum Gasteiger partial charge on any atom is -0.382 e. The van der Waals surface area contributed by atoms with Crippen LogP contribution in [0, 0.1) is 0 Å². The molecule has 0 amide bonds. The molecule has 7 heteroatoms. The van der Waals surface area contributed by atoms with Gasteiger partial charge in [0.05, 0.1) is 0 Å². The average molecular weight is 222 g/mol. The lowest BCUT2D eigenvalue weighted by atomic mass is 10.5. The molecule has 2 heterocycles. The van der Waals surface area contributed by atoms with Gasteiger partial charge in [0.15, 0.2) is 10.8 Å². The van der Waals surface area contributed by atoms with Crippen LogP contribution in [0.3, 0.4) is 0 Å². The van der Waals surface area contributed by atoms with Gasteiger partial charge in [-0.1, -0.05) is 17.4 Å². The number of anilines is 3. The summed E-state index contributed by atoms with van der Waals surface area (Å²) in [5, 5.41) is 3.79. The van der Waals surface area contributed by atoms with Crippen molar-refractivity contribution in [2.45, 2.75) is 0 Å². The van der Waals surface area contributed by atoms with Crippen LogP contribution in [0.5, 0.6) is 0 Å². The van der Waals surface area contributed by atoms with Gasteiger partial charge in [0.1, 0.15) is 10.5 Å². The summed E-state index contributed by atoms with van der Waals surface area (Å²) < 4.78 is 0.746. The maximum absolute atomic E-state index is 5.69. The third kappa shape index (κ3) is 1.82. The lowest BCUT2D eigenvalue weighted by Gasteiger charge is -1.93. The number of hydrogen-bond donors (Lipinski definition) is 3. The van der Waals surface area contributed by atoms with Crippen molar-refractivity contribution in [2.75, 3.05) is 23.3 Å². The van der Waals surface area contributed by atoms with Gasteiger partial charge in [-0.2, -0.15) is 15.0 Å². The van der Waals surface area contributed by atoms with E-state index >= 15 is 0 Å². The van der Waals surface area contributed by atoms with Crippen molar-refractivity contribution >= 4 is 38.6 Å². The van der Waals surface area contributed by atoms with Crippen LogP contribution in [-0.4, -0.2) is 21.5 Å². The van der Waals surface area contributed by atoms with Crippen LogP contribution in [0.4, 0.5) is 16.9 Å². The molecule has 0 aliphatic carbocycles. The molecular weight excluding hydrogens is 212 g/mol. The molecule has 0 spiro atoms. The van der Waals surface area contributed by atoms with E-state index in [1.807, 2.05) is 0 Å². The highest BCUT2D eigenvalue weighted by atomic mass is 32.1. The fraction of sp³-hybridized carbons (Fsp3) is 0.125. The molecule has 6 nitrogen and oxygen atoms in total. The second kappa shape index (κ2) is 3.70. The molecule has 0 unspecified atom stereocenters. The van der Waals surface area contributed by atoms with Gasteiger partial charge in [0, 0.05) is 6.54 Å². The molecular formula is C8H10N6S. The number of aromatic nitrogens is 3. The zero-order valence-corrected chi connectivity index (χ0v) is 8.71. The van der Waals surface area contributed by atoms with E-state index in [1.165, 1.54) is 11.3 Å². The third-order valence-electron chi connectivity index (χ3n) is 1.69. The van der Waals surface area contributed by atoms with Gasteiger partial charge in [-0.15, -0.1) is 6.58 Å². The largest absolute Gasteiger partial charge is 0.382 e. The van der Waals surface area contributed by atoms with E-state index in [-0.39, 0.29) is 5.95 Å². The van der Waals surface area contributed by atoms with Crippen molar-refractivity contribution in [3.8, 4) is 0 Å². The number of rotatable bonds is 3. The van der Waals surface area contributed by atoms with Crippen LogP contribution in [-0.2, 0) is 0 Å². The topological polar surface area (TPSA) is 103 Å². The number of nitrogen functional groups attached to an aromatic ring is 2. The van der Waals surface area contributed by atoms with Gasteiger partial charge in [-0.3, -0.25) is 0 Å². The Morgan fingerprint density at radius 2 is 2.13 bits per heavy atom. The van der Waals surface area contributed by atoms with Crippen LogP contribution >= 0.6 is 11.3 Å². The monoisotopic (exact) mass is 222 g/mol. The molecule has 0 saturated carbocycles. The van der Waals surface area contributed by atoms with Crippen molar-refractivity contribution in [3.05, 3.63) is 12.7 Å². The van der Waals surface area contributed by atoms with E-state index in [1.54, 1.807) is 6.08 Å². The van der Waals surface area contributed by atoms with Gasteiger partial charge in [-0.05, 0) is 0 Å². The van der Waals surface area contributed by atoms with Crippen molar-refractivity contribution in [2.24, 2.45) is 0 Å². The minimum absolute atomic E-state index is 0.139. The number of nitrogens with one attached hydrogen (secondary N) is 1. The molecule has 0 bridgehead atoms. The Bertz CT molecular complexity index is 505. The molecule has 2 rings (SSSR count). The Hall–Kier alpha value is -1.89.